The molecule has 0 aromatic heterocycles. The first kappa shape index (κ1) is 24.0. The fraction of sp³-hybridized carbons (Fsp3) is 0.435. The van der Waals surface area contributed by atoms with E-state index in [4.69, 9.17) is 13.7 Å². The SMILES string of the molecule is CC1(C)CCc2cc(C(O)[C@@H](COS(C)(=O)=O)NC(=O)OCc3ccccc3)ccc2O1. The van der Waals surface area contributed by atoms with Gasteiger partial charge in [-0.15, -0.1) is 0 Å². The molecule has 1 aliphatic heterocycles. The van der Waals surface area contributed by atoms with E-state index in [0.717, 1.165) is 36.0 Å². The zero-order valence-electron chi connectivity index (χ0n) is 18.4. The second-order valence-corrected chi connectivity index (χ2v) is 10.1. The molecule has 3 rings (SSSR count). The van der Waals surface area contributed by atoms with Gasteiger partial charge in [-0.05, 0) is 55.5 Å². The van der Waals surface area contributed by atoms with Gasteiger partial charge in [0.25, 0.3) is 10.1 Å². The Morgan fingerprint density at radius 1 is 1.22 bits per heavy atom. The molecule has 1 heterocycles. The average Bonchev–Trinajstić information content (AvgIpc) is 2.74. The molecule has 0 spiro atoms. The average molecular weight is 464 g/mol. The summed E-state index contributed by atoms with van der Waals surface area (Å²) in [7, 11) is -3.78. The highest BCUT2D eigenvalue weighted by Crippen LogP contribution is 2.35. The van der Waals surface area contributed by atoms with E-state index in [9.17, 15) is 18.3 Å². The summed E-state index contributed by atoms with van der Waals surface area (Å²) in [5.74, 6) is 0.747. The zero-order chi connectivity index (χ0) is 23.4. The second kappa shape index (κ2) is 9.89. The van der Waals surface area contributed by atoms with Crippen LogP contribution in [0.25, 0.3) is 0 Å². The maximum atomic E-state index is 12.3. The summed E-state index contributed by atoms with van der Waals surface area (Å²) >= 11 is 0. The Balaban J connectivity index is 1.72. The smallest absolute Gasteiger partial charge is 0.407 e. The van der Waals surface area contributed by atoms with Gasteiger partial charge in [-0.25, -0.2) is 4.79 Å². The largest absolute Gasteiger partial charge is 0.488 e. The predicted molar refractivity (Wildman–Crippen MR) is 119 cm³/mol. The second-order valence-electron chi connectivity index (χ2n) is 8.47. The molecule has 2 N–H and O–H groups in total. The lowest BCUT2D eigenvalue weighted by molar-refractivity contribution is 0.0795. The van der Waals surface area contributed by atoms with Crippen molar-refractivity contribution >= 4 is 16.2 Å². The molecule has 1 amide bonds. The Bertz CT molecular complexity index is 1040. The Morgan fingerprint density at radius 3 is 2.62 bits per heavy atom. The van der Waals surface area contributed by atoms with Gasteiger partial charge < -0.3 is 19.9 Å². The predicted octanol–water partition coefficient (Wildman–Crippen LogP) is 3.09. The van der Waals surface area contributed by atoms with Crippen molar-refractivity contribution in [3.63, 3.8) is 0 Å². The molecule has 8 nitrogen and oxygen atoms in total. The lowest BCUT2D eigenvalue weighted by Gasteiger charge is -2.33. The number of rotatable bonds is 8. The molecule has 174 valence electrons. The minimum Gasteiger partial charge on any atom is -0.488 e. The van der Waals surface area contributed by atoms with E-state index in [2.05, 4.69) is 5.32 Å². The highest BCUT2D eigenvalue weighted by atomic mass is 32.2. The van der Waals surface area contributed by atoms with Crippen molar-refractivity contribution in [2.24, 2.45) is 0 Å². The van der Waals surface area contributed by atoms with Gasteiger partial charge in [-0.1, -0.05) is 36.4 Å². The van der Waals surface area contributed by atoms with Gasteiger partial charge >= 0.3 is 6.09 Å². The Labute approximate surface area is 188 Å². The Hall–Kier alpha value is -2.62. The monoisotopic (exact) mass is 463 g/mol. The van der Waals surface area contributed by atoms with Crippen molar-refractivity contribution < 1.29 is 32.0 Å². The quantitative estimate of drug-likeness (QED) is 0.579. The van der Waals surface area contributed by atoms with Crippen molar-refractivity contribution in [2.45, 2.75) is 51.0 Å². The third-order valence-electron chi connectivity index (χ3n) is 5.17. The summed E-state index contributed by atoms with van der Waals surface area (Å²) in [6.45, 7) is 3.62. The van der Waals surface area contributed by atoms with Crippen LogP contribution in [0.2, 0.25) is 0 Å². The van der Waals surface area contributed by atoms with Crippen LogP contribution in [0.5, 0.6) is 5.75 Å². The highest BCUT2D eigenvalue weighted by molar-refractivity contribution is 7.85. The van der Waals surface area contributed by atoms with E-state index < -0.39 is 35.0 Å². The summed E-state index contributed by atoms with van der Waals surface area (Å²) < 4.78 is 39.0. The first-order chi connectivity index (χ1) is 15.0. The number of amides is 1. The van der Waals surface area contributed by atoms with E-state index in [1.807, 2.05) is 44.2 Å². The standard InChI is InChI=1S/C23H29NO7S/c1-23(2)12-11-17-13-18(9-10-20(17)31-23)21(25)19(15-30-32(3,27)28)24-22(26)29-14-16-7-5-4-6-8-16/h4-10,13,19,21,25H,11-12,14-15H2,1-3H3,(H,24,26)/t19-,21?/m1/s1. The van der Waals surface area contributed by atoms with Gasteiger partial charge in [0.2, 0.25) is 0 Å². The topological polar surface area (TPSA) is 111 Å². The molecule has 0 saturated heterocycles. The lowest BCUT2D eigenvalue weighted by Crippen LogP contribution is -2.43. The molecule has 1 unspecified atom stereocenters. The maximum Gasteiger partial charge on any atom is 0.407 e. The number of hydrogen-bond donors (Lipinski definition) is 2. The van der Waals surface area contributed by atoms with Crippen LogP contribution in [0.1, 0.15) is 43.1 Å². The lowest BCUT2D eigenvalue weighted by atomic mass is 9.91. The molecule has 9 heteroatoms. The third-order valence-corrected chi connectivity index (χ3v) is 5.73. The summed E-state index contributed by atoms with van der Waals surface area (Å²) in [6.07, 6.45) is 0.492. The van der Waals surface area contributed by atoms with Crippen LogP contribution >= 0.6 is 0 Å². The summed E-state index contributed by atoms with van der Waals surface area (Å²) in [5.41, 5.74) is 1.99. The number of nitrogens with one attached hydrogen (secondary N) is 1. The van der Waals surface area contributed by atoms with E-state index in [1.54, 1.807) is 18.2 Å². The molecule has 0 aliphatic carbocycles. The minimum absolute atomic E-state index is 0.0361. The summed E-state index contributed by atoms with van der Waals surface area (Å²) in [5, 5.41) is 13.4. The molecule has 2 aromatic carbocycles. The van der Waals surface area contributed by atoms with Gasteiger partial charge in [-0.2, -0.15) is 8.42 Å². The van der Waals surface area contributed by atoms with E-state index in [1.165, 1.54) is 0 Å². The Morgan fingerprint density at radius 2 is 1.94 bits per heavy atom. The molecule has 32 heavy (non-hydrogen) atoms. The van der Waals surface area contributed by atoms with Crippen molar-refractivity contribution in [3.8, 4) is 5.75 Å². The zero-order valence-corrected chi connectivity index (χ0v) is 19.2. The number of ether oxygens (including phenoxy) is 2. The highest BCUT2D eigenvalue weighted by Gasteiger charge is 2.29. The summed E-state index contributed by atoms with van der Waals surface area (Å²) in [4.78, 5) is 12.3. The van der Waals surface area contributed by atoms with Crippen LogP contribution in [0.15, 0.2) is 48.5 Å². The molecule has 0 saturated carbocycles. The number of benzene rings is 2. The van der Waals surface area contributed by atoms with Crippen molar-refractivity contribution in [2.75, 3.05) is 12.9 Å². The van der Waals surface area contributed by atoms with Crippen LogP contribution in [0, 0.1) is 0 Å². The van der Waals surface area contributed by atoms with Crippen LogP contribution < -0.4 is 10.1 Å². The van der Waals surface area contributed by atoms with Crippen LogP contribution in [-0.4, -0.2) is 44.1 Å². The van der Waals surface area contributed by atoms with E-state index in [0.29, 0.717) is 5.56 Å². The van der Waals surface area contributed by atoms with Crippen molar-refractivity contribution in [1.29, 1.82) is 0 Å². The molecule has 0 bridgehead atoms. The van der Waals surface area contributed by atoms with Gasteiger partial charge in [0.05, 0.1) is 18.9 Å². The maximum absolute atomic E-state index is 12.3. The molecular weight excluding hydrogens is 434 g/mol. The number of carbonyl (C=O) groups is 1. The molecule has 0 radical (unpaired) electrons. The number of aliphatic hydroxyl groups is 1. The molecule has 2 atom stereocenters. The first-order valence-corrected chi connectivity index (χ1v) is 12.2. The summed E-state index contributed by atoms with van der Waals surface area (Å²) in [6, 6.07) is 13.3. The van der Waals surface area contributed by atoms with Gasteiger partial charge in [0, 0.05) is 0 Å². The van der Waals surface area contributed by atoms with Crippen LogP contribution in [-0.2, 0) is 32.1 Å². The fourth-order valence-corrected chi connectivity index (χ4v) is 3.81. The number of alkyl carbamates (subject to hydrolysis) is 1. The molecule has 1 aliphatic rings. The molecular formula is C23H29NO7S. The number of hydrogen-bond acceptors (Lipinski definition) is 7. The molecule has 0 fully saturated rings. The van der Waals surface area contributed by atoms with Crippen LogP contribution in [0.4, 0.5) is 4.79 Å². The van der Waals surface area contributed by atoms with Gasteiger partial charge in [-0.3, -0.25) is 4.18 Å². The fourth-order valence-electron chi connectivity index (χ4n) is 3.42. The number of carbonyl (C=O) groups excluding carboxylic acids is 1. The Kier molecular flexibility index (Phi) is 7.43. The third kappa shape index (κ3) is 6.94. The minimum atomic E-state index is -3.78. The van der Waals surface area contributed by atoms with Crippen molar-refractivity contribution in [3.05, 3.63) is 65.2 Å². The number of fused-ring (bicyclic) bond motifs is 1. The van der Waals surface area contributed by atoms with Crippen LogP contribution in [0.3, 0.4) is 0 Å². The van der Waals surface area contributed by atoms with Gasteiger partial charge in [0.15, 0.2) is 0 Å². The normalized spacial score (nSPS) is 16.9. The molecule has 2 aromatic rings. The van der Waals surface area contributed by atoms with E-state index in [-0.39, 0.29) is 12.2 Å². The van der Waals surface area contributed by atoms with Gasteiger partial charge in [0.1, 0.15) is 24.1 Å². The number of aryl methyl sites for hydroxylation is 1. The van der Waals surface area contributed by atoms with Crippen molar-refractivity contribution in [1.82, 2.24) is 5.32 Å². The number of aliphatic hydroxyl groups excluding tert-OH is 1. The van der Waals surface area contributed by atoms with E-state index >= 15 is 0 Å². The first-order valence-electron chi connectivity index (χ1n) is 10.3.